The monoisotopic (exact) mass is 244 g/mol. The van der Waals surface area contributed by atoms with Crippen molar-refractivity contribution in [2.75, 3.05) is 11.5 Å². The van der Waals surface area contributed by atoms with Gasteiger partial charge in [0.15, 0.2) is 9.84 Å². The summed E-state index contributed by atoms with van der Waals surface area (Å²) in [6.07, 6.45) is 0.182. The van der Waals surface area contributed by atoms with E-state index in [1.807, 2.05) is 0 Å². The Labute approximate surface area is 93.8 Å². The van der Waals surface area contributed by atoms with Crippen molar-refractivity contribution in [2.45, 2.75) is 18.9 Å². The highest BCUT2D eigenvalue weighted by molar-refractivity contribution is 7.91. The van der Waals surface area contributed by atoms with Crippen LogP contribution < -0.4 is 0 Å². The van der Waals surface area contributed by atoms with Crippen LogP contribution >= 0.6 is 0 Å². The van der Waals surface area contributed by atoms with Gasteiger partial charge in [0.05, 0.1) is 11.5 Å². The van der Waals surface area contributed by atoms with Crippen LogP contribution in [0.25, 0.3) is 0 Å². The van der Waals surface area contributed by atoms with E-state index >= 15 is 0 Å². The number of benzene rings is 1. The van der Waals surface area contributed by atoms with Gasteiger partial charge in [0.25, 0.3) is 0 Å². The fourth-order valence-electron chi connectivity index (χ4n) is 2.19. The van der Waals surface area contributed by atoms with Crippen LogP contribution in [0.3, 0.4) is 0 Å². The van der Waals surface area contributed by atoms with Gasteiger partial charge in [0.2, 0.25) is 0 Å². The molecule has 1 aliphatic rings. The van der Waals surface area contributed by atoms with E-state index in [0.29, 0.717) is 11.1 Å². The lowest BCUT2D eigenvalue weighted by atomic mass is 9.90. The number of aliphatic hydroxyl groups is 1. The smallest absolute Gasteiger partial charge is 0.153 e. The third-order valence-corrected chi connectivity index (χ3v) is 4.72. The maximum atomic E-state index is 12.9. The Kier molecular flexibility index (Phi) is 2.55. The number of rotatable bonds is 1. The van der Waals surface area contributed by atoms with E-state index in [4.69, 9.17) is 0 Å². The summed E-state index contributed by atoms with van der Waals surface area (Å²) in [6, 6.07) is 4.01. The summed E-state index contributed by atoms with van der Waals surface area (Å²) in [4.78, 5) is 0. The van der Waals surface area contributed by atoms with Crippen LogP contribution in [0.4, 0.5) is 4.39 Å². The molecule has 0 amide bonds. The van der Waals surface area contributed by atoms with Gasteiger partial charge in [-0.2, -0.15) is 0 Å². The summed E-state index contributed by atoms with van der Waals surface area (Å²) in [5, 5.41) is 10.3. The molecule has 0 radical (unpaired) electrons. The van der Waals surface area contributed by atoms with Crippen molar-refractivity contribution < 1.29 is 17.9 Å². The summed E-state index contributed by atoms with van der Waals surface area (Å²) >= 11 is 0. The molecular weight excluding hydrogens is 231 g/mol. The molecule has 1 saturated heterocycles. The van der Waals surface area contributed by atoms with E-state index in [0.717, 1.165) is 0 Å². The topological polar surface area (TPSA) is 54.4 Å². The molecule has 2 rings (SSSR count). The molecule has 1 unspecified atom stereocenters. The van der Waals surface area contributed by atoms with Gasteiger partial charge in [-0.3, -0.25) is 0 Å². The first-order valence-corrected chi connectivity index (χ1v) is 6.84. The predicted molar refractivity (Wildman–Crippen MR) is 58.3 cm³/mol. The quantitative estimate of drug-likeness (QED) is 0.806. The van der Waals surface area contributed by atoms with Crippen molar-refractivity contribution in [3.63, 3.8) is 0 Å². The third-order valence-electron chi connectivity index (χ3n) is 2.98. The van der Waals surface area contributed by atoms with Crippen LogP contribution in [-0.4, -0.2) is 25.0 Å². The Morgan fingerprint density at radius 1 is 1.44 bits per heavy atom. The number of hydrogen-bond acceptors (Lipinski definition) is 3. The lowest BCUT2D eigenvalue weighted by molar-refractivity contribution is 0.0646. The summed E-state index contributed by atoms with van der Waals surface area (Å²) in [6.45, 7) is 1.67. The van der Waals surface area contributed by atoms with Crippen molar-refractivity contribution in [2.24, 2.45) is 0 Å². The van der Waals surface area contributed by atoms with Gasteiger partial charge in [-0.25, -0.2) is 12.8 Å². The van der Waals surface area contributed by atoms with Gasteiger partial charge in [-0.05, 0) is 36.6 Å². The summed E-state index contributed by atoms with van der Waals surface area (Å²) in [7, 11) is -3.17. The zero-order valence-corrected chi connectivity index (χ0v) is 9.72. The zero-order chi connectivity index (χ0) is 12.0. The van der Waals surface area contributed by atoms with Gasteiger partial charge in [-0.1, -0.05) is 6.07 Å². The van der Waals surface area contributed by atoms with E-state index < -0.39 is 15.4 Å². The standard InChI is InChI=1S/C11H13FO3S/c1-8-6-9(12)2-3-10(8)11(13)4-5-16(14,15)7-11/h2-3,6,13H,4-5,7H2,1H3. The molecular formula is C11H13FO3S. The maximum Gasteiger partial charge on any atom is 0.153 e. The van der Waals surface area contributed by atoms with Crippen LogP contribution in [0.1, 0.15) is 17.5 Å². The maximum absolute atomic E-state index is 12.9. The van der Waals surface area contributed by atoms with Gasteiger partial charge in [0, 0.05) is 0 Å². The largest absolute Gasteiger partial charge is 0.384 e. The molecule has 1 heterocycles. The predicted octanol–water partition coefficient (Wildman–Crippen LogP) is 1.14. The molecule has 1 aromatic rings. The Hall–Kier alpha value is -0.940. The van der Waals surface area contributed by atoms with Gasteiger partial charge in [0.1, 0.15) is 11.4 Å². The Morgan fingerprint density at radius 3 is 2.62 bits per heavy atom. The highest BCUT2D eigenvalue weighted by Crippen LogP contribution is 2.35. The molecule has 0 saturated carbocycles. The molecule has 0 aromatic heterocycles. The molecule has 0 spiro atoms. The summed E-state index contributed by atoms with van der Waals surface area (Å²) in [5.74, 6) is -0.669. The molecule has 1 fully saturated rings. The minimum atomic E-state index is -3.17. The van der Waals surface area contributed by atoms with E-state index in [2.05, 4.69) is 0 Å². The van der Waals surface area contributed by atoms with Crippen molar-refractivity contribution in [1.82, 2.24) is 0 Å². The average molecular weight is 244 g/mol. The Balaban J connectivity index is 2.45. The SMILES string of the molecule is Cc1cc(F)ccc1C1(O)CCS(=O)(=O)C1. The molecule has 16 heavy (non-hydrogen) atoms. The fraction of sp³-hybridized carbons (Fsp3) is 0.455. The van der Waals surface area contributed by atoms with Crippen molar-refractivity contribution >= 4 is 9.84 Å². The minimum Gasteiger partial charge on any atom is -0.384 e. The fourth-order valence-corrected chi connectivity index (χ4v) is 4.01. The van der Waals surface area contributed by atoms with E-state index in [-0.39, 0.29) is 23.7 Å². The molecule has 88 valence electrons. The highest BCUT2D eigenvalue weighted by atomic mass is 32.2. The molecule has 1 aromatic carbocycles. The summed E-state index contributed by atoms with van der Waals surface area (Å²) < 4.78 is 35.6. The minimum absolute atomic E-state index is 0.0136. The zero-order valence-electron chi connectivity index (χ0n) is 8.90. The average Bonchev–Trinajstić information content (AvgIpc) is 2.41. The first kappa shape index (κ1) is 11.5. The Bertz CT molecular complexity index is 524. The highest BCUT2D eigenvalue weighted by Gasteiger charge is 2.42. The van der Waals surface area contributed by atoms with Crippen LogP contribution in [0.5, 0.6) is 0 Å². The number of hydrogen-bond donors (Lipinski definition) is 1. The van der Waals surface area contributed by atoms with E-state index in [1.54, 1.807) is 6.92 Å². The first-order valence-electron chi connectivity index (χ1n) is 5.02. The van der Waals surface area contributed by atoms with Crippen molar-refractivity contribution in [1.29, 1.82) is 0 Å². The van der Waals surface area contributed by atoms with Crippen molar-refractivity contribution in [3.05, 3.63) is 35.1 Å². The van der Waals surface area contributed by atoms with Gasteiger partial charge >= 0.3 is 0 Å². The van der Waals surface area contributed by atoms with Crippen LogP contribution in [0.15, 0.2) is 18.2 Å². The van der Waals surface area contributed by atoms with Gasteiger partial charge < -0.3 is 5.11 Å². The number of sulfone groups is 1. The molecule has 1 atom stereocenters. The Morgan fingerprint density at radius 2 is 2.12 bits per heavy atom. The third kappa shape index (κ3) is 1.97. The normalized spacial score (nSPS) is 28.2. The van der Waals surface area contributed by atoms with E-state index in [1.165, 1.54) is 18.2 Å². The van der Waals surface area contributed by atoms with Crippen molar-refractivity contribution in [3.8, 4) is 0 Å². The number of aryl methyl sites for hydroxylation is 1. The van der Waals surface area contributed by atoms with Gasteiger partial charge in [-0.15, -0.1) is 0 Å². The second-order valence-electron chi connectivity index (χ2n) is 4.33. The molecule has 3 nitrogen and oxygen atoms in total. The van der Waals surface area contributed by atoms with Crippen LogP contribution in [0, 0.1) is 12.7 Å². The molecule has 1 aliphatic heterocycles. The molecule has 0 bridgehead atoms. The molecule has 0 aliphatic carbocycles. The first-order chi connectivity index (χ1) is 7.32. The molecule has 5 heteroatoms. The van der Waals surface area contributed by atoms with Crippen LogP contribution in [-0.2, 0) is 15.4 Å². The lowest BCUT2D eigenvalue weighted by Crippen LogP contribution is -2.28. The van der Waals surface area contributed by atoms with Crippen LogP contribution in [0.2, 0.25) is 0 Å². The summed E-state index contributed by atoms with van der Waals surface area (Å²) in [5.41, 5.74) is -0.258. The second-order valence-corrected chi connectivity index (χ2v) is 6.52. The number of halogens is 1. The molecule has 1 N–H and O–H groups in total. The second kappa shape index (κ2) is 3.53. The lowest BCUT2D eigenvalue weighted by Gasteiger charge is -2.23. The van der Waals surface area contributed by atoms with E-state index in [9.17, 15) is 17.9 Å².